The summed E-state index contributed by atoms with van der Waals surface area (Å²) in [6, 6.07) is 1.21. The summed E-state index contributed by atoms with van der Waals surface area (Å²) >= 11 is 1.28. The van der Waals surface area contributed by atoms with E-state index in [1.807, 2.05) is 0 Å². The van der Waals surface area contributed by atoms with Crippen LogP contribution < -0.4 is 0 Å². The molecule has 0 unspecified atom stereocenters. The molecule has 1 rings (SSSR count). The zero-order chi connectivity index (χ0) is 11.3. The van der Waals surface area contributed by atoms with Crippen LogP contribution in [0.15, 0.2) is 12.3 Å². The highest BCUT2D eigenvalue weighted by Crippen LogP contribution is 2.14. The monoisotopic (exact) mass is 230 g/mol. The number of hydrogen-bond donors (Lipinski definition) is 2. The van der Waals surface area contributed by atoms with Gasteiger partial charge >= 0.3 is 0 Å². The van der Waals surface area contributed by atoms with E-state index in [1.54, 1.807) is 0 Å². The lowest BCUT2D eigenvalue weighted by Gasteiger charge is -1.95. The Morgan fingerprint density at radius 1 is 1.67 bits per heavy atom. The summed E-state index contributed by atoms with van der Waals surface area (Å²) in [6.07, 6.45) is 1.18. The van der Waals surface area contributed by atoms with Crippen LogP contribution in [0.5, 0.6) is 0 Å². The van der Waals surface area contributed by atoms with Crippen molar-refractivity contribution < 1.29 is 14.8 Å². The van der Waals surface area contributed by atoms with Crippen LogP contribution in [-0.4, -0.2) is 38.9 Å². The summed E-state index contributed by atoms with van der Waals surface area (Å²) in [6.45, 7) is 0.0167. The highest BCUT2D eigenvalue weighted by molar-refractivity contribution is 8.00. The van der Waals surface area contributed by atoms with Crippen molar-refractivity contribution in [2.24, 2.45) is 0 Å². The maximum atomic E-state index is 11.4. The van der Waals surface area contributed by atoms with Gasteiger partial charge < -0.3 is 10.1 Å². The van der Waals surface area contributed by atoms with E-state index >= 15 is 0 Å². The Kier molecular flexibility index (Phi) is 4.32. The van der Waals surface area contributed by atoms with E-state index in [2.05, 4.69) is 4.98 Å². The van der Waals surface area contributed by atoms with Crippen molar-refractivity contribution in [3.63, 3.8) is 0 Å². The fourth-order valence-electron chi connectivity index (χ4n) is 0.956. The molecule has 1 aromatic heterocycles. The van der Waals surface area contributed by atoms with Gasteiger partial charge in [0.2, 0.25) is 0 Å². The molecule has 0 fully saturated rings. The van der Waals surface area contributed by atoms with E-state index in [-0.39, 0.29) is 29.5 Å². The average Bonchev–Trinajstić information content (AvgIpc) is 2.66. The number of aromatic amines is 1. The van der Waals surface area contributed by atoms with E-state index in [0.29, 0.717) is 5.75 Å². The Bertz CT molecular complexity index is 363. The highest BCUT2D eigenvalue weighted by Gasteiger charge is 2.13. The summed E-state index contributed by atoms with van der Waals surface area (Å²) in [5.41, 5.74) is 0.109. The lowest BCUT2D eigenvalue weighted by Crippen LogP contribution is -2.04. The molecule has 1 aromatic rings. The largest absolute Gasteiger partial charge is 0.396 e. The predicted molar refractivity (Wildman–Crippen MR) is 56.2 cm³/mol. The van der Waals surface area contributed by atoms with Gasteiger partial charge in [-0.3, -0.25) is 14.9 Å². The second kappa shape index (κ2) is 5.52. The van der Waals surface area contributed by atoms with Crippen LogP contribution in [0.1, 0.15) is 10.5 Å². The molecule has 0 spiro atoms. The second-order valence-electron chi connectivity index (χ2n) is 2.73. The van der Waals surface area contributed by atoms with Crippen LogP contribution in [0, 0.1) is 10.1 Å². The Hall–Kier alpha value is -1.34. The van der Waals surface area contributed by atoms with Crippen LogP contribution in [0.4, 0.5) is 5.69 Å². The number of H-pyrrole nitrogens is 1. The van der Waals surface area contributed by atoms with Crippen LogP contribution in [-0.2, 0) is 0 Å². The number of nitrogens with zero attached hydrogens (tertiary/aromatic N) is 1. The van der Waals surface area contributed by atoms with Crippen LogP contribution >= 0.6 is 11.8 Å². The molecule has 0 saturated carbocycles. The van der Waals surface area contributed by atoms with E-state index < -0.39 is 4.92 Å². The standard InChI is InChI=1S/C8H10N2O4S/c11-1-2-15-5-8(12)7-3-6(4-9-7)10(13)14/h3-4,9,11H,1-2,5H2. The van der Waals surface area contributed by atoms with Gasteiger partial charge in [0.05, 0.1) is 29.2 Å². The maximum absolute atomic E-state index is 11.4. The molecule has 0 atom stereocenters. The van der Waals surface area contributed by atoms with Crippen molar-refractivity contribution in [1.29, 1.82) is 0 Å². The molecule has 0 aromatic carbocycles. The number of carbonyl (C=O) groups is 1. The third-order valence-corrected chi connectivity index (χ3v) is 2.59. The molecular formula is C8H10N2O4S. The van der Waals surface area contributed by atoms with Crippen molar-refractivity contribution in [3.8, 4) is 0 Å². The van der Waals surface area contributed by atoms with E-state index in [1.165, 1.54) is 24.0 Å². The number of aliphatic hydroxyl groups is 1. The zero-order valence-electron chi connectivity index (χ0n) is 7.80. The third-order valence-electron chi connectivity index (χ3n) is 1.65. The number of aliphatic hydroxyl groups excluding tert-OH is 1. The van der Waals surface area contributed by atoms with Crippen LogP contribution in [0.3, 0.4) is 0 Å². The molecule has 1 heterocycles. The summed E-state index contributed by atoms with van der Waals surface area (Å²) in [7, 11) is 0. The minimum atomic E-state index is -0.561. The number of Topliss-reactive ketones (excluding diaryl/α,β-unsaturated/α-hetero) is 1. The van der Waals surface area contributed by atoms with E-state index in [4.69, 9.17) is 5.11 Å². The molecule has 0 aliphatic heterocycles. The second-order valence-corrected chi connectivity index (χ2v) is 3.83. The molecule has 0 aliphatic carbocycles. The fourth-order valence-corrected chi connectivity index (χ4v) is 1.57. The number of ketones is 1. The zero-order valence-corrected chi connectivity index (χ0v) is 8.62. The molecule has 2 N–H and O–H groups in total. The van der Waals surface area contributed by atoms with E-state index in [9.17, 15) is 14.9 Å². The lowest BCUT2D eigenvalue weighted by atomic mass is 10.3. The van der Waals surface area contributed by atoms with Gasteiger partial charge in [0, 0.05) is 11.8 Å². The Morgan fingerprint density at radius 2 is 2.40 bits per heavy atom. The van der Waals surface area contributed by atoms with Crippen LogP contribution in [0.25, 0.3) is 0 Å². The maximum Gasteiger partial charge on any atom is 0.287 e. The first-order chi connectivity index (χ1) is 7.15. The number of thioether (sulfide) groups is 1. The molecule has 0 saturated heterocycles. The molecular weight excluding hydrogens is 220 g/mol. The summed E-state index contributed by atoms with van der Waals surface area (Å²) in [4.78, 5) is 23.7. The average molecular weight is 230 g/mol. The normalized spacial score (nSPS) is 10.2. The molecule has 0 radical (unpaired) electrons. The SMILES string of the molecule is O=C(CSCCO)c1cc([N+](=O)[O-])c[nH]1. The van der Waals surface area contributed by atoms with Crippen LogP contribution in [0.2, 0.25) is 0 Å². The van der Waals surface area contributed by atoms with Crippen molar-refractivity contribution >= 4 is 23.2 Å². The molecule has 0 amide bonds. The van der Waals surface area contributed by atoms with Gasteiger partial charge in [0.25, 0.3) is 5.69 Å². The van der Waals surface area contributed by atoms with Crippen molar-refractivity contribution in [2.45, 2.75) is 0 Å². The summed E-state index contributed by atoms with van der Waals surface area (Å²) in [5, 5.41) is 18.8. The van der Waals surface area contributed by atoms with Gasteiger partial charge in [-0.05, 0) is 0 Å². The van der Waals surface area contributed by atoms with Gasteiger partial charge in [0.1, 0.15) is 0 Å². The molecule has 7 heteroatoms. The number of rotatable bonds is 6. The van der Waals surface area contributed by atoms with E-state index in [0.717, 1.165) is 0 Å². The summed E-state index contributed by atoms with van der Waals surface area (Å²) < 4.78 is 0. The van der Waals surface area contributed by atoms with Crippen molar-refractivity contribution in [1.82, 2.24) is 4.98 Å². The number of aromatic nitrogens is 1. The topological polar surface area (TPSA) is 96.2 Å². The number of nitrogens with one attached hydrogen (secondary N) is 1. The van der Waals surface area contributed by atoms with Gasteiger partial charge in [-0.25, -0.2) is 0 Å². The Labute approximate surface area is 89.8 Å². The summed E-state index contributed by atoms with van der Waals surface area (Å²) in [5.74, 6) is 0.480. The first-order valence-electron chi connectivity index (χ1n) is 4.19. The fraction of sp³-hybridized carbons (Fsp3) is 0.375. The molecule has 15 heavy (non-hydrogen) atoms. The van der Waals surface area contributed by atoms with Crippen molar-refractivity contribution in [2.75, 3.05) is 18.1 Å². The number of hydrogen-bond acceptors (Lipinski definition) is 5. The van der Waals surface area contributed by atoms with Gasteiger partial charge in [-0.1, -0.05) is 0 Å². The first-order valence-corrected chi connectivity index (χ1v) is 5.35. The van der Waals surface area contributed by atoms with Gasteiger partial charge in [-0.2, -0.15) is 11.8 Å². The quantitative estimate of drug-likeness (QED) is 0.326. The molecule has 6 nitrogen and oxygen atoms in total. The molecule has 82 valence electrons. The third kappa shape index (κ3) is 3.37. The Balaban J connectivity index is 2.54. The highest BCUT2D eigenvalue weighted by atomic mass is 32.2. The minimum Gasteiger partial charge on any atom is -0.396 e. The molecule has 0 bridgehead atoms. The smallest absolute Gasteiger partial charge is 0.287 e. The number of nitro groups is 1. The Morgan fingerprint density at radius 3 is 2.93 bits per heavy atom. The van der Waals surface area contributed by atoms with Crippen molar-refractivity contribution in [3.05, 3.63) is 28.1 Å². The lowest BCUT2D eigenvalue weighted by molar-refractivity contribution is -0.384. The number of carbonyl (C=O) groups excluding carboxylic acids is 1. The van der Waals surface area contributed by atoms with Gasteiger partial charge in [0.15, 0.2) is 5.78 Å². The predicted octanol–water partition coefficient (Wildman–Crippen LogP) is 0.831. The molecule has 0 aliphatic rings. The first kappa shape index (κ1) is 11.7. The minimum absolute atomic E-state index is 0.0167. The van der Waals surface area contributed by atoms with Gasteiger partial charge in [-0.15, -0.1) is 0 Å².